The Balaban J connectivity index is 1.16. The van der Waals surface area contributed by atoms with Crippen molar-refractivity contribution in [2.24, 2.45) is 0 Å². The van der Waals surface area contributed by atoms with Gasteiger partial charge in [0.05, 0.1) is 16.6 Å². The predicted octanol–water partition coefficient (Wildman–Crippen LogP) is 11.8. The fourth-order valence-electron chi connectivity index (χ4n) is 7.60. The van der Waals surface area contributed by atoms with Gasteiger partial charge in [-0.05, 0) is 53.6 Å². The largest absolute Gasteiger partial charge is 0.456 e. The molecule has 0 amide bonds. The van der Waals surface area contributed by atoms with E-state index in [1.807, 2.05) is 66.7 Å². The van der Waals surface area contributed by atoms with E-state index in [1.165, 1.54) is 0 Å². The minimum absolute atomic E-state index is 0.540. The van der Waals surface area contributed by atoms with E-state index in [2.05, 4.69) is 95.6 Å². The highest BCUT2D eigenvalue weighted by molar-refractivity contribution is 6.16. The first-order chi connectivity index (χ1) is 25.3. The van der Waals surface area contributed by atoms with Gasteiger partial charge in [0.2, 0.25) is 5.95 Å². The average Bonchev–Trinajstić information content (AvgIpc) is 3.87. The molecule has 0 saturated heterocycles. The van der Waals surface area contributed by atoms with Gasteiger partial charge in [-0.3, -0.25) is 4.57 Å². The molecule has 7 aromatic carbocycles. The summed E-state index contributed by atoms with van der Waals surface area (Å²) in [5.41, 5.74) is 9.23. The summed E-state index contributed by atoms with van der Waals surface area (Å²) in [5.74, 6) is 1.68. The van der Waals surface area contributed by atoms with Crippen LogP contribution in [0.1, 0.15) is 0 Å². The van der Waals surface area contributed by atoms with Gasteiger partial charge in [-0.1, -0.05) is 115 Å². The molecule has 51 heavy (non-hydrogen) atoms. The summed E-state index contributed by atoms with van der Waals surface area (Å²) in [7, 11) is 0. The van der Waals surface area contributed by atoms with Crippen molar-refractivity contribution in [2.75, 3.05) is 0 Å². The van der Waals surface area contributed by atoms with Crippen LogP contribution < -0.4 is 0 Å². The normalized spacial score (nSPS) is 11.9. The standard InChI is InChI=1S/C45H26N4O2/c1-2-12-27(13-3-1)43-46-44(48-45(47-43)49-36-20-7-4-14-30(36)31-15-5-8-21-37(31)49)34-19-10-18-33-41-29(17-11-23-40(41)51-42(33)34)28-24-25-39-35(26-28)32-16-6-9-22-38(32)50-39/h1-26H. The topological polar surface area (TPSA) is 69.9 Å². The number of para-hydroxylation sites is 4. The molecule has 0 saturated carbocycles. The third kappa shape index (κ3) is 4.20. The fourth-order valence-corrected chi connectivity index (χ4v) is 7.60. The first-order valence-electron chi connectivity index (χ1n) is 16.9. The van der Waals surface area contributed by atoms with E-state index in [0.717, 1.165) is 87.9 Å². The lowest BCUT2D eigenvalue weighted by Gasteiger charge is -2.11. The Bertz CT molecular complexity index is 3100. The van der Waals surface area contributed by atoms with Crippen LogP contribution >= 0.6 is 0 Å². The van der Waals surface area contributed by atoms with Crippen molar-refractivity contribution in [3.8, 4) is 39.9 Å². The summed E-state index contributed by atoms with van der Waals surface area (Å²) in [6, 6.07) is 53.9. The van der Waals surface area contributed by atoms with Gasteiger partial charge in [-0.25, -0.2) is 4.98 Å². The molecule has 6 nitrogen and oxygen atoms in total. The van der Waals surface area contributed by atoms with Crippen molar-refractivity contribution in [3.63, 3.8) is 0 Å². The molecular formula is C45H26N4O2. The van der Waals surface area contributed by atoms with Crippen LogP contribution in [-0.2, 0) is 0 Å². The molecule has 0 aliphatic heterocycles. The summed E-state index contributed by atoms with van der Waals surface area (Å²) in [6.45, 7) is 0. The lowest BCUT2D eigenvalue weighted by molar-refractivity contribution is 0.669. The van der Waals surface area contributed by atoms with Crippen molar-refractivity contribution in [1.29, 1.82) is 0 Å². The molecule has 11 rings (SSSR count). The maximum Gasteiger partial charge on any atom is 0.238 e. The highest BCUT2D eigenvalue weighted by Gasteiger charge is 2.21. The Labute approximate surface area is 290 Å². The van der Waals surface area contributed by atoms with Crippen LogP contribution in [0.2, 0.25) is 0 Å². The van der Waals surface area contributed by atoms with Gasteiger partial charge in [0, 0.05) is 37.9 Å². The SMILES string of the molecule is c1ccc(-c2nc(-c3cccc4c3oc3cccc(-c5ccc6oc7ccccc7c6c5)c34)nc(-n3c4ccccc4c4ccccc43)n2)cc1. The second-order valence-electron chi connectivity index (χ2n) is 12.8. The maximum atomic E-state index is 6.73. The highest BCUT2D eigenvalue weighted by atomic mass is 16.3. The van der Waals surface area contributed by atoms with Crippen LogP contribution in [0.25, 0.3) is 106 Å². The smallest absolute Gasteiger partial charge is 0.238 e. The zero-order valence-corrected chi connectivity index (χ0v) is 27.1. The van der Waals surface area contributed by atoms with Gasteiger partial charge < -0.3 is 8.83 Å². The zero-order chi connectivity index (χ0) is 33.5. The monoisotopic (exact) mass is 654 g/mol. The summed E-state index contributed by atoms with van der Waals surface area (Å²) in [5, 5.41) is 6.51. The zero-order valence-electron chi connectivity index (χ0n) is 27.1. The number of rotatable bonds is 4. The molecule has 0 atom stereocenters. The second kappa shape index (κ2) is 10.7. The second-order valence-corrected chi connectivity index (χ2v) is 12.8. The summed E-state index contributed by atoms with van der Waals surface area (Å²) in [6.07, 6.45) is 0. The Morgan fingerprint density at radius 1 is 0.392 bits per heavy atom. The number of furan rings is 2. The van der Waals surface area contributed by atoms with Gasteiger partial charge in [0.1, 0.15) is 22.3 Å². The van der Waals surface area contributed by atoms with Crippen LogP contribution in [0.15, 0.2) is 167 Å². The number of hydrogen-bond acceptors (Lipinski definition) is 5. The third-order valence-corrected chi connectivity index (χ3v) is 9.89. The summed E-state index contributed by atoms with van der Waals surface area (Å²) < 4.78 is 15.0. The van der Waals surface area contributed by atoms with Crippen molar-refractivity contribution >= 4 is 65.7 Å². The lowest BCUT2D eigenvalue weighted by atomic mass is 9.97. The molecule has 0 spiro atoms. The molecule has 4 heterocycles. The van der Waals surface area contributed by atoms with Gasteiger partial charge >= 0.3 is 0 Å². The molecule has 0 unspecified atom stereocenters. The summed E-state index contributed by atoms with van der Waals surface area (Å²) in [4.78, 5) is 15.4. The number of benzene rings is 7. The van der Waals surface area contributed by atoms with Crippen LogP contribution in [0.5, 0.6) is 0 Å². The highest BCUT2D eigenvalue weighted by Crippen LogP contribution is 2.42. The van der Waals surface area contributed by atoms with E-state index in [9.17, 15) is 0 Å². The first kappa shape index (κ1) is 27.9. The van der Waals surface area contributed by atoms with Gasteiger partial charge in [-0.15, -0.1) is 0 Å². The predicted molar refractivity (Wildman–Crippen MR) is 205 cm³/mol. The van der Waals surface area contributed by atoms with Gasteiger partial charge in [0.25, 0.3) is 0 Å². The minimum atomic E-state index is 0.540. The molecule has 11 aromatic rings. The molecule has 0 N–H and O–H groups in total. The Morgan fingerprint density at radius 2 is 1.02 bits per heavy atom. The molecular weight excluding hydrogens is 629 g/mol. The van der Waals surface area contributed by atoms with Crippen LogP contribution in [0, 0.1) is 0 Å². The molecule has 6 heteroatoms. The van der Waals surface area contributed by atoms with E-state index in [-0.39, 0.29) is 0 Å². The molecule has 0 fully saturated rings. The van der Waals surface area contributed by atoms with Crippen molar-refractivity contribution in [1.82, 2.24) is 19.5 Å². The van der Waals surface area contributed by atoms with E-state index in [0.29, 0.717) is 17.6 Å². The molecule has 0 bridgehead atoms. The quantitative estimate of drug-likeness (QED) is 0.189. The van der Waals surface area contributed by atoms with E-state index < -0.39 is 0 Å². The van der Waals surface area contributed by atoms with Crippen LogP contribution in [0.3, 0.4) is 0 Å². The molecule has 0 aliphatic carbocycles. The maximum absolute atomic E-state index is 6.73. The van der Waals surface area contributed by atoms with Crippen molar-refractivity contribution in [3.05, 3.63) is 158 Å². The van der Waals surface area contributed by atoms with Crippen molar-refractivity contribution < 1.29 is 8.83 Å². The first-order valence-corrected chi connectivity index (χ1v) is 16.9. The van der Waals surface area contributed by atoms with Crippen molar-refractivity contribution in [2.45, 2.75) is 0 Å². The summed E-state index contributed by atoms with van der Waals surface area (Å²) >= 11 is 0. The average molecular weight is 655 g/mol. The molecule has 238 valence electrons. The van der Waals surface area contributed by atoms with Crippen LogP contribution in [0.4, 0.5) is 0 Å². The fraction of sp³-hybridized carbons (Fsp3) is 0. The lowest BCUT2D eigenvalue weighted by Crippen LogP contribution is -2.06. The Hall–Kier alpha value is -7.05. The molecule has 0 aliphatic rings. The van der Waals surface area contributed by atoms with Gasteiger partial charge in [-0.2, -0.15) is 9.97 Å². The van der Waals surface area contributed by atoms with E-state index in [4.69, 9.17) is 23.8 Å². The van der Waals surface area contributed by atoms with Crippen LogP contribution in [-0.4, -0.2) is 19.5 Å². The van der Waals surface area contributed by atoms with Gasteiger partial charge in [0.15, 0.2) is 11.6 Å². The molecule has 0 radical (unpaired) electrons. The third-order valence-electron chi connectivity index (χ3n) is 9.89. The van der Waals surface area contributed by atoms with E-state index >= 15 is 0 Å². The molecule has 4 aromatic heterocycles. The Kier molecular flexibility index (Phi) is 5.86. The Morgan fingerprint density at radius 3 is 1.84 bits per heavy atom. The van der Waals surface area contributed by atoms with E-state index in [1.54, 1.807) is 0 Å². The number of nitrogens with zero attached hydrogens (tertiary/aromatic N) is 4. The number of hydrogen-bond donors (Lipinski definition) is 0. The minimum Gasteiger partial charge on any atom is -0.456 e. The number of aromatic nitrogens is 4. The number of fused-ring (bicyclic) bond motifs is 9.